The van der Waals surface area contributed by atoms with Crippen LogP contribution < -0.4 is 70.4 Å². The van der Waals surface area contributed by atoms with E-state index in [9.17, 15) is 43.2 Å². The Kier molecular flexibility index (Phi) is 25.2. The van der Waals surface area contributed by atoms with E-state index in [0.717, 1.165) is 10.9 Å². The van der Waals surface area contributed by atoms with Crippen LogP contribution in [-0.2, 0) is 62.4 Å². The first-order valence-electron chi connectivity index (χ1n) is 24.8. The average molecular weight is 1120 g/mol. The smallest absolute Gasteiger partial charge is 0.244 e. The summed E-state index contributed by atoms with van der Waals surface area (Å²) in [6.45, 7) is 2.91. The van der Waals surface area contributed by atoms with Crippen LogP contribution in [0.25, 0.3) is 10.9 Å². The molecule has 9 amide bonds. The van der Waals surface area contributed by atoms with Crippen LogP contribution in [-0.4, -0.2) is 153 Å². The van der Waals surface area contributed by atoms with Crippen LogP contribution >= 0.6 is 25.3 Å². The predicted octanol–water partition coefficient (Wildman–Crippen LogP) is -3.29. The first-order valence-corrected chi connectivity index (χ1v) is 26.1. The minimum absolute atomic E-state index is 0.0679. The first-order chi connectivity index (χ1) is 37.2. The van der Waals surface area contributed by atoms with E-state index in [1.54, 1.807) is 42.6 Å². The first kappa shape index (κ1) is 62.2. The number of carbonyl (C=O) groups excluding carboxylic acids is 9. The SMILES string of the molecule is CC(=O)N[C@@H](CCCNC(=N)N)C(=O)N[C@@H](CS)C(=O)N[C@@H](C)C(=O)N[C@H](Cc1cnc[nH]1)C(=O)N[C@H](Cc1ccccc1)C(=O)N[C@@H](CCCNC(=N)N)C(=O)N[C@@H](Cc1c[nH]c2ccccc12)C(=O)N[C@@H](CS)C(N)=O. The number of carbonyl (C=O) groups is 9. The average Bonchev–Trinajstić information content (AvgIpc) is 4.10. The molecule has 0 saturated heterocycles. The van der Waals surface area contributed by atoms with E-state index >= 15 is 0 Å². The zero-order valence-electron chi connectivity index (χ0n) is 43.1. The number of thiol groups is 2. The van der Waals surface area contributed by atoms with Gasteiger partial charge in [-0.3, -0.25) is 54.0 Å². The third-order valence-electron chi connectivity index (χ3n) is 12.0. The van der Waals surface area contributed by atoms with Crippen molar-refractivity contribution < 1.29 is 43.2 Å². The van der Waals surface area contributed by atoms with Gasteiger partial charge in [-0.15, -0.1) is 0 Å². The van der Waals surface area contributed by atoms with Crippen LogP contribution in [0.15, 0.2) is 73.3 Å². The van der Waals surface area contributed by atoms with Crippen molar-refractivity contribution in [2.24, 2.45) is 17.2 Å². The summed E-state index contributed by atoms with van der Waals surface area (Å²) in [6, 6.07) is 5.52. The molecule has 0 aliphatic carbocycles. The summed E-state index contributed by atoms with van der Waals surface area (Å²) in [5.74, 6) is -7.98. The zero-order valence-corrected chi connectivity index (χ0v) is 44.9. The minimum Gasteiger partial charge on any atom is -0.370 e. The summed E-state index contributed by atoms with van der Waals surface area (Å²) >= 11 is 8.36. The number of primary amides is 1. The molecule has 0 radical (unpaired) electrons. The lowest BCUT2D eigenvalue weighted by Gasteiger charge is -2.27. The molecule has 0 aliphatic heterocycles. The monoisotopic (exact) mass is 1120 g/mol. The molecule has 78 heavy (non-hydrogen) atoms. The molecule has 0 unspecified atom stereocenters. The summed E-state index contributed by atoms with van der Waals surface area (Å²) in [7, 11) is 0. The Morgan fingerprint density at radius 3 is 1.58 bits per heavy atom. The van der Waals surface area contributed by atoms with Gasteiger partial charge in [0.25, 0.3) is 0 Å². The number of guanidine groups is 2. The number of aromatic amines is 2. The molecule has 0 saturated carbocycles. The van der Waals surface area contributed by atoms with E-state index in [1.165, 1.54) is 26.4 Å². The third-order valence-corrected chi connectivity index (χ3v) is 12.7. The number of nitrogens with zero attached hydrogens (tertiary/aromatic N) is 1. The molecule has 422 valence electrons. The fraction of sp³-hybridized carbons (Fsp3) is 0.429. The molecule has 0 aliphatic rings. The molecule has 29 heteroatoms. The van der Waals surface area contributed by atoms with E-state index in [4.69, 9.17) is 28.0 Å². The molecular weight excluding hydrogens is 1050 g/mol. The van der Waals surface area contributed by atoms with Gasteiger partial charge in [0.2, 0.25) is 53.2 Å². The molecule has 8 atom stereocenters. The van der Waals surface area contributed by atoms with Crippen molar-refractivity contribution in [2.75, 3.05) is 24.6 Å². The number of nitrogens with two attached hydrogens (primary N) is 3. The number of para-hydroxylation sites is 1. The van der Waals surface area contributed by atoms with Crippen molar-refractivity contribution in [1.82, 2.24) is 68.1 Å². The van der Waals surface area contributed by atoms with E-state index in [-0.39, 0.29) is 75.0 Å². The van der Waals surface area contributed by atoms with Crippen molar-refractivity contribution in [3.63, 3.8) is 0 Å². The summed E-state index contributed by atoms with van der Waals surface area (Å²) in [6.07, 6.45) is 4.64. The second kappa shape index (κ2) is 31.6. The predicted molar refractivity (Wildman–Crippen MR) is 296 cm³/mol. The highest BCUT2D eigenvalue weighted by Gasteiger charge is 2.34. The van der Waals surface area contributed by atoms with Gasteiger partial charge in [0.1, 0.15) is 48.3 Å². The summed E-state index contributed by atoms with van der Waals surface area (Å²) in [5, 5.41) is 41.9. The largest absolute Gasteiger partial charge is 0.370 e. The number of imidazole rings is 1. The van der Waals surface area contributed by atoms with Crippen LogP contribution in [0.4, 0.5) is 0 Å². The third kappa shape index (κ3) is 20.7. The van der Waals surface area contributed by atoms with Crippen molar-refractivity contribution >= 4 is 101 Å². The van der Waals surface area contributed by atoms with E-state index in [0.29, 0.717) is 23.2 Å². The maximum Gasteiger partial charge on any atom is 0.244 e. The highest BCUT2D eigenvalue weighted by Crippen LogP contribution is 2.20. The van der Waals surface area contributed by atoms with Gasteiger partial charge in [-0.05, 0) is 49.8 Å². The molecule has 2 heterocycles. The van der Waals surface area contributed by atoms with Crippen molar-refractivity contribution in [3.8, 4) is 0 Å². The lowest BCUT2D eigenvalue weighted by molar-refractivity contribution is -0.135. The van der Waals surface area contributed by atoms with Crippen LogP contribution in [0.2, 0.25) is 0 Å². The Morgan fingerprint density at radius 2 is 1.04 bits per heavy atom. The van der Waals surface area contributed by atoms with E-state index in [1.807, 2.05) is 18.2 Å². The number of hydrogen-bond acceptors (Lipinski definition) is 14. The lowest BCUT2D eigenvalue weighted by atomic mass is 10.0. The molecule has 0 spiro atoms. The molecule has 4 rings (SSSR count). The van der Waals surface area contributed by atoms with Gasteiger partial charge in [-0.2, -0.15) is 25.3 Å². The van der Waals surface area contributed by atoms with Crippen LogP contribution in [0, 0.1) is 10.8 Å². The van der Waals surface area contributed by atoms with Gasteiger partial charge in [0.15, 0.2) is 11.9 Å². The standard InChI is InChI=1S/C49H70N18O9S2/c1-26(60-47(76)39(24-78)67-42(71)33(61-27(2)68)14-8-16-56-48(51)52)41(70)63-37(20-30-22-55-25-59-30)46(75)64-35(18-28-10-4-3-5-11-28)44(73)62-34(15-9-17-57-49(53)54)43(72)65-36(45(74)66-38(23-77)40(50)69)19-29-21-58-32-13-7-6-12-31(29)32/h3-7,10-13,21-22,25-26,33-39,58,77-78H,8-9,14-20,23-24H2,1-2H3,(H2,50,69)(H,55,59)(H,60,76)(H,61,68)(H,62,73)(H,63,70)(H,64,75)(H,65,72)(H,66,74)(H,67,71)(H4,51,52,56)(H4,53,54,57)/t26-,33-,34-,35+,36-,37+,38-,39-/m0/s1. The molecule has 2 aromatic heterocycles. The zero-order chi connectivity index (χ0) is 57.3. The van der Waals surface area contributed by atoms with Gasteiger partial charge < -0.3 is 80.3 Å². The van der Waals surface area contributed by atoms with E-state index in [2.05, 4.69) is 93.4 Å². The number of fused-ring (bicyclic) bond motifs is 1. The number of hydrogen-bond donors (Lipinski definition) is 19. The molecule has 20 N–H and O–H groups in total. The van der Waals surface area contributed by atoms with Gasteiger partial charge >= 0.3 is 0 Å². The molecule has 0 fully saturated rings. The normalized spacial score (nSPS) is 14.0. The van der Waals surface area contributed by atoms with Crippen LogP contribution in [0.5, 0.6) is 0 Å². The lowest BCUT2D eigenvalue weighted by Crippen LogP contribution is -2.61. The Hall–Kier alpha value is -8.34. The number of H-pyrrole nitrogens is 2. The van der Waals surface area contributed by atoms with Gasteiger partial charge in [0, 0.05) is 79.8 Å². The molecule has 4 aromatic rings. The van der Waals surface area contributed by atoms with Crippen molar-refractivity contribution in [1.29, 1.82) is 10.8 Å². The van der Waals surface area contributed by atoms with Gasteiger partial charge in [-0.1, -0.05) is 48.5 Å². The molecule has 27 nitrogen and oxygen atoms in total. The number of aromatic nitrogens is 3. The van der Waals surface area contributed by atoms with Crippen LogP contribution in [0.3, 0.4) is 0 Å². The highest BCUT2D eigenvalue weighted by molar-refractivity contribution is 7.80. The number of rotatable bonds is 32. The molecule has 2 aromatic carbocycles. The maximum absolute atomic E-state index is 14.6. The molecule has 0 bridgehead atoms. The number of benzene rings is 2. The summed E-state index contributed by atoms with van der Waals surface area (Å²) in [4.78, 5) is 132. The Morgan fingerprint density at radius 1 is 0.564 bits per heavy atom. The second-order valence-corrected chi connectivity index (χ2v) is 18.8. The highest BCUT2D eigenvalue weighted by atomic mass is 32.1. The fourth-order valence-corrected chi connectivity index (χ4v) is 8.42. The van der Waals surface area contributed by atoms with Crippen LogP contribution in [0.1, 0.15) is 56.4 Å². The number of amides is 9. The van der Waals surface area contributed by atoms with E-state index < -0.39 is 101 Å². The minimum atomic E-state index is -1.42. The maximum atomic E-state index is 14.6. The molecular formula is C49H70N18O9S2. The Labute approximate surface area is 460 Å². The van der Waals surface area contributed by atoms with Crippen molar-refractivity contribution in [2.45, 2.75) is 107 Å². The number of nitrogens with one attached hydrogen (secondary N) is 14. The second-order valence-electron chi connectivity index (χ2n) is 18.1. The fourth-order valence-electron chi connectivity index (χ4n) is 7.89. The summed E-state index contributed by atoms with van der Waals surface area (Å²) in [5.41, 5.74) is 18.7. The topological polar surface area (TPSA) is 444 Å². The quantitative estimate of drug-likeness (QED) is 0.00987. The van der Waals surface area contributed by atoms with Gasteiger partial charge in [-0.25, -0.2) is 4.98 Å². The van der Waals surface area contributed by atoms with Crippen molar-refractivity contribution in [3.05, 3.63) is 90.1 Å². The Bertz CT molecular complexity index is 2710. The summed E-state index contributed by atoms with van der Waals surface area (Å²) < 4.78 is 0. The Balaban J connectivity index is 1.58. The van der Waals surface area contributed by atoms with Gasteiger partial charge in [0.05, 0.1) is 6.33 Å².